The molecule has 6 rings (SSSR count). The van der Waals surface area contributed by atoms with Crippen LogP contribution in [0.4, 0.5) is 5.95 Å². The van der Waals surface area contributed by atoms with Crippen LogP contribution >= 0.6 is 0 Å². The number of aromatic nitrogens is 6. The second kappa shape index (κ2) is 8.70. The molecule has 0 bridgehead atoms. The first-order valence-electron chi connectivity index (χ1n) is 12.4. The molecule has 0 spiro atoms. The molecule has 4 heterocycles. The zero-order chi connectivity index (χ0) is 25.6. The minimum absolute atomic E-state index is 0.0990. The molecular weight excluding hydrogens is 472 g/mol. The molecule has 1 amide bonds. The molecule has 0 aliphatic heterocycles. The quantitative estimate of drug-likeness (QED) is 0.322. The zero-order valence-corrected chi connectivity index (χ0v) is 20.5. The zero-order valence-electron chi connectivity index (χ0n) is 20.5. The number of amides is 1. The van der Waals surface area contributed by atoms with Crippen molar-refractivity contribution in [2.75, 3.05) is 12.3 Å². The van der Waals surface area contributed by atoms with Crippen molar-refractivity contribution in [2.45, 2.75) is 50.2 Å². The van der Waals surface area contributed by atoms with Crippen LogP contribution in [-0.2, 0) is 10.3 Å². The number of furan rings is 1. The number of rotatable bonds is 6. The highest BCUT2D eigenvalue weighted by Crippen LogP contribution is 2.32. The topological polar surface area (TPSA) is 149 Å². The Morgan fingerprint density at radius 1 is 1.14 bits per heavy atom. The van der Waals surface area contributed by atoms with Crippen molar-refractivity contribution in [2.24, 2.45) is 0 Å². The van der Waals surface area contributed by atoms with E-state index < -0.39 is 11.1 Å². The van der Waals surface area contributed by atoms with Gasteiger partial charge in [0.15, 0.2) is 22.6 Å². The first kappa shape index (κ1) is 23.2. The molecule has 1 aliphatic carbocycles. The number of nitrogen functional groups attached to an aromatic ring is 1. The number of fused-ring (bicyclic) bond motifs is 3. The van der Waals surface area contributed by atoms with Crippen LogP contribution in [0, 0.1) is 0 Å². The van der Waals surface area contributed by atoms with Gasteiger partial charge in [0.1, 0.15) is 0 Å². The van der Waals surface area contributed by atoms with E-state index in [4.69, 9.17) is 10.2 Å². The molecule has 0 radical (unpaired) electrons. The third-order valence-corrected chi connectivity index (χ3v) is 7.33. The molecule has 37 heavy (non-hydrogen) atoms. The number of aliphatic hydroxyl groups is 1. The van der Waals surface area contributed by atoms with Crippen molar-refractivity contribution in [3.63, 3.8) is 0 Å². The summed E-state index contributed by atoms with van der Waals surface area (Å²) in [4.78, 5) is 23.1. The van der Waals surface area contributed by atoms with E-state index in [0.29, 0.717) is 46.7 Å². The van der Waals surface area contributed by atoms with Crippen LogP contribution in [0.3, 0.4) is 0 Å². The molecular formula is C26H28N8O3. The van der Waals surface area contributed by atoms with E-state index in [-0.39, 0.29) is 18.4 Å². The van der Waals surface area contributed by atoms with E-state index in [9.17, 15) is 9.90 Å². The second-order valence-electron chi connectivity index (χ2n) is 9.82. The lowest BCUT2D eigenvalue weighted by Crippen LogP contribution is -2.52. The smallest absolute Gasteiger partial charge is 0.252 e. The Hall–Kier alpha value is -4.25. The highest BCUT2D eigenvalue weighted by atomic mass is 16.3. The van der Waals surface area contributed by atoms with E-state index in [0.717, 1.165) is 19.3 Å². The average molecular weight is 501 g/mol. The number of hydrogen-bond acceptors (Lipinski definition) is 8. The average Bonchev–Trinajstić information content (AvgIpc) is 3.67. The van der Waals surface area contributed by atoms with Gasteiger partial charge in [0.2, 0.25) is 11.8 Å². The van der Waals surface area contributed by atoms with Gasteiger partial charge >= 0.3 is 0 Å². The summed E-state index contributed by atoms with van der Waals surface area (Å²) in [5.74, 6) is 0.656. The van der Waals surface area contributed by atoms with E-state index in [2.05, 4.69) is 25.5 Å². The summed E-state index contributed by atoms with van der Waals surface area (Å²) in [5.41, 5.74) is 5.66. The van der Waals surface area contributed by atoms with Crippen molar-refractivity contribution in [3.8, 4) is 11.6 Å². The largest absolute Gasteiger partial charge is 0.461 e. The lowest BCUT2D eigenvalue weighted by Gasteiger charge is -2.35. The van der Waals surface area contributed by atoms with E-state index in [1.165, 1.54) is 4.52 Å². The summed E-state index contributed by atoms with van der Waals surface area (Å²) in [6.45, 7) is 1.96. The third kappa shape index (κ3) is 3.82. The van der Waals surface area contributed by atoms with E-state index in [1.807, 2.05) is 30.3 Å². The summed E-state index contributed by atoms with van der Waals surface area (Å²) in [6, 6.07) is 12.9. The lowest BCUT2D eigenvalue weighted by atomic mass is 9.84. The molecule has 0 saturated heterocycles. The number of nitrogens with zero attached hydrogens (tertiary/aromatic N) is 6. The van der Waals surface area contributed by atoms with Crippen molar-refractivity contribution in [1.29, 1.82) is 0 Å². The fourth-order valence-corrected chi connectivity index (χ4v) is 5.16. The number of carbonyl (C=O) groups is 1. The van der Waals surface area contributed by atoms with Gasteiger partial charge in [-0.15, -0.1) is 5.10 Å². The van der Waals surface area contributed by atoms with Crippen molar-refractivity contribution < 1.29 is 14.3 Å². The maximum Gasteiger partial charge on any atom is 0.252 e. The highest BCUT2D eigenvalue weighted by molar-refractivity contribution is 5.94. The second-order valence-corrected chi connectivity index (χ2v) is 9.82. The number of carbonyl (C=O) groups excluding carboxylic acids is 1. The van der Waals surface area contributed by atoms with Crippen LogP contribution in [0.2, 0.25) is 0 Å². The predicted molar refractivity (Wildman–Crippen MR) is 136 cm³/mol. The molecule has 1 saturated carbocycles. The van der Waals surface area contributed by atoms with Crippen LogP contribution in [0.5, 0.6) is 0 Å². The highest BCUT2D eigenvalue weighted by Gasteiger charge is 2.41. The number of nitrogens with one attached hydrogen (secondary N) is 1. The monoisotopic (exact) mass is 500 g/mol. The number of nitrogens with two attached hydrogens (primary N) is 1. The maximum atomic E-state index is 13.9. The standard InChI is InChI=1S/C26H28N8O3/c1-25(17-9-4-2-5-10-17,23(35)28-16-26(36)12-6-3-7-13-26)34-22-18(15-29-34)21-30-20(19-11-8-14-37-19)32-33(21)24(27)31-22/h2,4-5,8-11,14-15,36H,3,6-7,12-13,16H2,1H3,(H2,27,31)(H,28,35). The summed E-state index contributed by atoms with van der Waals surface area (Å²) < 4.78 is 8.44. The van der Waals surface area contributed by atoms with Gasteiger partial charge in [0.05, 0.1) is 23.4 Å². The lowest BCUT2D eigenvalue weighted by molar-refractivity contribution is -0.129. The Bertz CT molecular complexity index is 1570. The Kier molecular flexibility index (Phi) is 5.45. The molecule has 190 valence electrons. The Balaban J connectivity index is 1.46. The Morgan fingerprint density at radius 3 is 2.65 bits per heavy atom. The molecule has 4 aromatic heterocycles. The first-order chi connectivity index (χ1) is 17.9. The Labute approximate surface area is 212 Å². The predicted octanol–water partition coefficient (Wildman–Crippen LogP) is 2.89. The number of anilines is 1. The number of hydrogen-bond donors (Lipinski definition) is 3. The molecule has 1 aliphatic rings. The molecule has 11 nitrogen and oxygen atoms in total. The molecule has 4 N–H and O–H groups in total. The van der Waals surface area contributed by atoms with Crippen molar-refractivity contribution in [3.05, 3.63) is 60.5 Å². The van der Waals surface area contributed by atoms with Gasteiger partial charge in [-0.25, -0.2) is 9.67 Å². The summed E-state index contributed by atoms with van der Waals surface area (Å²) >= 11 is 0. The van der Waals surface area contributed by atoms with Crippen molar-refractivity contribution in [1.82, 2.24) is 34.7 Å². The third-order valence-electron chi connectivity index (χ3n) is 7.33. The molecule has 1 atom stereocenters. The fourth-order valence-electron chi connectivity index (χ4n) is 5.16. The summed E-state index contributed by atoms with van der Waals surface area (Å²) in [5, 5.41) is 23.6. The van der Waals surface area contributed by atoms with Gasteiger partial charge in [-0.3, -0.25) is 4.79 Å². The minimum atomic E-state index is -1.28. The summed E-state index contributed by atoms with van der Waals surface area (Å²) in [6.07, 6.45) is 7.49. The molecule has 1 fully saturated rings. The van der Waals surface area contributed by atoms with Gasteiger partial charge in [0.25, 0.3) is 5.91 Å². The summed E-state index contributed by atoms with van der Waals surface area (Å²) in [7, 11) is 0. The van der Waals surface area contributed by atoms with Crippen LogP contribution in [0.15, 0.2) is 59.3 Å². The van der Waals surface area contributed by atoms with Gasteiger partial charge in [0, 0.05) is 6.54 Å². The van der Waals surface area contributed by atoms with Crippen LogP contribution in [0.25, 0.3) is 28.3 Å². The molecule has 1 unspecified atom stereocenters. The van der Waals surface area contributed by atoms with Crippen LogP contribution in [0.1, 0.15) is 44.6 Å². The maximum absolute atomic E-state index is 13.9. The van der Waals surface area contributed by atoms with Crippen LogP contribution in [-0.4, -0.2) is 52.5 Å². The van der Waals surface area contributed by atoms with Gasteiger partial charge in [-0.05, 0) is 37.5 Å². The molecule has 1 aromatic carbocycles. The normalized spacial score (nSPS) is 17.1. The van der Waals surface area contributed by atoms with E-state index in [1.54, 1.807) is 36.2 Å². The molecule has 11 heteroatoms. The van der Waals surface area contributed by atoms with Crippen LogP contribution < -0.4 is 11.1 Å². The fraction of sp³-hybridized carbons (Fsp3) is 0.346. The minimum Gasteiger partial charge on any atom is -0.461 e. The first-order valence-corrected chi connectivity index (χ1v) is 12.4. The number of benzene rings is 1. The van der Waals surface area contributed by atoms with Gasteiger partial charge < -0.3 is 20.6 Å². The van der Waals surface area contributed by atoms with Gasteiger partial charge in [-0.1, -0.05) is 49.6 Å². The molecule has 5 aromatic rings. The van der Waals surface area contributed by atoms with Crippen molar-refractivity contribution >= 4 is 28.5 Å². The van der Waals surface area contributed by atoms with E-state index >= 15 is 0 Å². The Morgan fingerprint density at radius 2 is 1.92 bits per heavy atom. The SMILES string of the molecule is CC(C(=O)NCC1(O)CCCCC1)(c1ccccc1)n1ncc2c1nc(N)n1nc(-c3ccco3)nc21. The van der Waals surface area contributed by atoms with Gasteiger partial charge in [-0.2, -0.15) is 14.6 Å².